The molecule has 5 heteroatoms. The molecule has 0 bridgehead atoms. The maximum absolute atomic E-state index is 5.14. The lowest BCUT2D eigenvalue weighted by molar-refractivity contribution is 0.375. The molecule has 0 saturated heterocycles. The van der Waals surface area contributed by atoms with Crippen LogP contribution in [0.1, 0.15) is 12.3 Å². The standard InChI is InChI=1S/C11H14N4O/c1-12-7-4-6-10-14-11(15-16-10)9-5-2-3-8-13-9/h2-3,5,8,12H,4,6-7H2,1H3. The third-order valence-corrected chi connectivity index (χ3v) is 2.18. The molecule has 2 aromatic heterocycles. The Balaban J connectivity index is 2.02. The van der Waals surface area contributed by atoms with Gasteiger partial charge in [0.15, 0.2) is 0 Å². The van der Waals surface area contributed by atoms with Gasteiger partial charge in [0.1, 0.15) is 5.69 Å². The molecular weight excluding hydrogens is 204 g/mol. The van der Waals surface area contributed by atoms with Gasteiger partial charge in [0, 0.05) is 12.6 Å². The molecule has 0 amide bonds. The van der Waals surface area contributed by atoms with Gasteiger partial charge in [0.2, 0.25) is 11.7 Å². The van der Waals surface area contributed by atoms with Crippen molar-refractivity contribution < 1.29 is 4.52 Å². The average Bonchev–Trinajstić information content (AvgIpc) is 2.79. The van der Waals surface area contributed by atoms with Crippen molar-refractivity contribution >= 4 is 0 Å². The quantitative estimate of drug-likeness (QED) is 0.766. The molecule has 2 rings (SSSR count). The van der Waals surface area contributed by atoms with E-state index in [0.717, 1.165) is 25.1 Å². The second kappa shape index (κ2) is 5.37. The molecule has 2 heterocycles. The second-order valence-corrected chi connectivity index (χ2v) is 3.43. The largest absolute Gasteiger partial charge is 0.339 e. The number of aromatic nitrogens is 3. The predicted molar refractivity (Wildman–Crippen MR) is 59.8 cm³/mol. The van der Waals surface area contributed by atoms with E-state index in [2.05, 4.69) is 20.4 Å². The predicted octanol–water partition coefficient (Wildman–Crippen LogP) is 1.28. The van der Waals surface area contributed by atoms with E-state index in [0.29, 0.717) is 11.7 Å². The number of hydrogen-bond acceptors (Lipinski definition) is 5. The van der Waals surface area contributed by atoms with E-state index >= 15 is 0 Å². The zero-order chi connectivity index (χ0) is 11.2. The lowest BCUT2D eigenvalue weighted by atomic mass is 10.3. The summed E-state index contributed by atoms with van der Waals surface area (Å²) in [6.07, 6.45) is 3.49. The van der Waals surface area contributed by atoms with Gasteiger partial charge in [-0.05, 0) is 32.1 Å². The zero-order valence-electron chi connectivity index (χ0n) is 9.18. The van der Waals surface area contributed by atoms with Crippen LogP contribution in [0.5, 0.6) is 0 Å². The van der Waals surface area contributed by atoms with Crippen molar-refractivity contribution in [2.24, 2.45) is 0 Å². The van der Waals surface area contributed by atoms with Crippen LogP contribution in [0.25, 0.3) is 11.5 Å². The molecule has 0 saturated carbocycles. The Morgan fingerprint density at radius 2 is 2.31 bits per heavy atom. The van der Waals surface area contributed by atoms with Crippen molar-refractivity contribution in [3.63, 3.8) is 0 Å². The molecule has 0 aliphatic rings. The highest BCUT2D eigenvalue weighted by Gasteiger charge is 2.08. The van der Waals surface area contributed by atoms with Gasteiger partial charge in [-0.15, -0.1) is 0 Å². The maximum atomic E-state index is 5.14. The molecule has 84 valence electrons. The van der Waals surface area contributed by atoms with E-state index in [9.17, 15) is 0 Å². The van der Waals surface area contributed by atoms with Crippen LogP contribution in [0.15, 0.2) is 28.9 Å². The summed E-state index contributed by atoms with van der Waals surface area (Å²) in [6, 6.07) is 5.62. The highest BCUT2D eigenvalue weighted by Crippen LogP contribution is 2.12. The summed E-state index contributed by atoms with van der Waals surface area (Å²) in [6.45, 7) is 0.946. The minimum Gasteiger partial charge on any atom is -0.339 e. The minimum absolute atomic E-state index is 0.556. The first-order valence-electron chi connectivity index (χ1n) is 5.29. The molecule has 0 aliphatic heterocycles. The summed E-state index contributed by atoms with van der Waals surface area (Å²) in [4.78, 5) is 8.45. The van der Waals surface area contributed by atoms with E-state index < -0.39 is 0 Å². The monoisotopic (exact) mass is 218 g/mol. The molecule has 0 atom stereocenters. The first kappa shape index (κ1) is 10.8. The molecule has 0 radical (unpaired) electrons. The minimum atomic E-state index is 0.556. The summed E-state index contributed by atoms with van der Waals surface area (Å²) in [7, 11) is 1.92. The maximum Gasteiger partial charge on any atom is 0.227 e. The van der Waals surface area contributed by atoms with Crippen LogP contribution >= 0.6 is 0 Å². The van der Waals surface area contributed by atoms with Gasteiger partial charge in [0.05, 0.1) is 0 Å². The highest BCUT2D eigenvalue weighted by molar-refractivity contribution is 5.46. The summed E-state index contributed by atoms with van der Waals surface area (Å²) in [5, 5.41) is 6.97. The number of pyridine rings is 1. The fourth-order valence-electron chi connectivity index (χ4n) is 1.37. The summed E-state index contributed by atoms with van der Waals surface area (Å²) in [5.41, 5.74) is 0.742. The SMILES string of the molecule is CNCCCc1nc(-c2ccccn2)no1. The van der Waals surface area contributed by atoms with Gasteiger partial charge in [-0.2, -0.15) is 4.98 Å². The van der Waals surface area contributed by atoms with Crippen LogP contribution in [0.3, 0.4) is 0 Å². The number of nitrogens with zero attached hydrogens (tertiary/aromatic N) is 3. The Morgan fingerprint density at radius 3 is 3.06 bits per heavy atom. The van der Waals surface area contributed by atoms with Gasteiger partial charge in [-0.25, -0.2) is 0 Å². The van der Waals surface area contributed by atoms with Crippen LogP contribution < -0.4 is 5.32 Å². The molecule has 0 fully saturated rings. The van der Waals surface area contributed by atoms with Crippen LogP contribution in [-0.2, 0) is 6.42 Å². The van der Waals surface area contributed by atoms with E-state index in [1.54, 1.807) is 6.20 Å². The van der Waals surface area contributed by atoms with Gasteiger partial charge >= 0.3 is 0 Å². The fraction of sp³-hybridized carbons (Fsp3) is 0.364. The van der Waals surface area contributed by atoms with Crippen LogP contribution in [0.2, 0.25) is 0 Å². The van der Waals surface area contributed by atoms with Gasteiger partial charge in [0.25, 0.3) is 0 Å². The van der Waals surface area contributed by atoms with Gasteiger partial charge < -0.3 is 9.84 Å². The van der Waals surface area contributed by atoms with Crippen LogP contribution in [0, 0.1) is 0 Å². The Bertz CT molecular complexity index is 427. The van der Waals surface area contributed by atoms with Crippen molar-refractivity contribution in [2.75, 3.05) is 13.6 Å². The topological polar surface area (TPSA) is 63.8 Å². The molecule has 0 aliphatic carbocycles. The lowest BCUT2D eigenvalue weighted by Gasteiger charge is -1.93. The second-order valence-electron chi connectivity index (χ2n) is 3.43. The number of hydrogen-bond donors (Lipinski definition) is 1. The molecule has 0 aromatic carbocycles. The van der Waals surface area contributed by atoms with Crippen LogP contribution in [-0.4, -0.2) is 28.7 Å². The molecule has 5 nitrogen and oxygen atoms in total. The van der Waals surface area contributed by atoms with E-state index in [1.165, 1.54) is 0 Å². The number of aryl methyl sites for hydroxylation is 1. The smallest absolute Gasteiger partial charge is 0.227 e. The summed E-state index contributed by atoms with van der Waals surface area (Å²) >= 11 is 0. The fourth-order valence-corrected chi connectivity index (χ4v) is 1.37. The van der Waals surface area contributed by atoms with E-state index in [4.69, 9.17) is 4.52 Å². The lowest BCUT2D eigenvalue weighted by Crippen LogP contribution is -2.08. The van der Waals surface area contributed by atoms with E-state index in [-0.39, 0.29) is 0 Å². The highest BCUT2D eigenvalue weighted by atomic mass is 16.5. The normalized spacial score (nSPS) is 10.6. The third-order valence-electron chi connectivity index (χ3n) is 2.18. The van der Waals surface area contributed by atoms with Gasteiger partial charge in [-0.3, -0.25) is 4.98 Å². The van der Waals surface area contributed by atoms with E-state index in [1.807, 2.05) is 25.2 Å². The first-order valence-corrected chi connectivity index (χ1v) is 5.29. The van der Waals surface area contributed by atoms with Crippen molar-refractivity contribution in [3.8, 4) is 11.5 Å². The Kier molecular flexibility index (Phi) is 3.61. The molecular formula is C11H14N4O. The number of rotatable bonds is 5. The van der Waals surface area contributed by atoms with Crippen LogP contribution in [0.4, 0.5) is 0 Å². The molecule has 2 aromatic rings. The van der Waals surface area contributed by atoms with Gasteiger partial charge in [-0.1, -0.05) is 11.2 Å². The number of nitrogens with one attached hydrogen (secondary N) is 1. The Hall–Kier alpha value is -1.75. The first-order chi connectivity index (χ1) is 7.90. The van der Waals surface area contributed by atoms with Crippen molar-refractivity contribution in [3.05, 3.63) is 30.3 Å². The summed E-state index contributed by atoms with van der Waals surface area (Å²) < 4.78 is 5.14. The third kappa shape index (κ3) is 2.64. The molecule has 0 unspecified atom stereocenters. The zero-order valence-corrected chi connectivity index (χ0v) is 9.18. The molecule has 0 spiro atoms. The summed E-state index contributed by atoms with van der Waals surface area (Å²) in [5.74, 6) is 1.22. The Labute approximate surface area is 93.9 Å². The van der Waals surface area contributed by atoms with Crippen molar-refractivity contribution in [2.45, 2.75) is 12.8 Å². The van der Waals surface area contributed by atoms with Crippen molar-refractivity contribution in [1.29, 1.82) is 0 Å². The average molecular weight is 218 g/mol. The Morgan fingerprint density at radius 1 is 1.38 bits per heavy atom. The molecule has 16 heavy (non-hydrogen) atoms. The molecule has 1 N–H and O–H groups in total. The van der Waals surface area contributed by atoms with Crippen molar-refractivity contribution in [1.82, 2.24) is 20.4 Å².